The first-order chi connectivity index (χ1) is 16.9. The number of rotatable bonds is 10. The van der Waals surface area contributed by atoms with Crippen LogP contribution in [0.3, 0.4) is 0 Å². The molecule has 4 rings (SSSR count). The van der Waals surface area contributed by atoms with Crippen LogP contribution in [0, 0.1) is 12.8 Å². The summed E-state index contributed by atoms with van der Waals surface area (Å²) in [5, 5.41) is 16.1. The Labute approximate surface area is 207 Å². The van der Waals surface area contributed by atoms with E-state index in [0.29, 0.717) is 18.1 Å². The molecule has 2 aliphatic heterocycles. The fraction of sp³-hybridized carbons (Fsp3) is 0.654. The van der Waals surface area contributed by atoms with Crippen molar-refractivity contribution in [2.24, 2.45) is 5.92 Å². The summed E-state index contributed by atoms with van der Waals surface area (Å²) in [5.41, 5.74) is 1.47. The number of aliphatic hydroxyl groups is 1. The number of anilines is 1. The van der Waals surface area contributed by atoms with Crippen molar-refractivity contribution in [1.29, 1.82) is 0 Å². The first-order valence-corrected chi connectivity index (χ1v) is 12.9. The second-order valence-corrected chi connectivity index (χ2v) is 10.0. The minimum atomic E-state index is -0.270. The van der Waals surface area contributed by atoms with Crippen LogP contribution in [0.4, 0.5) is 5.95 Å². The van der Waals surface area contributed by atoms with Crippen LogP contribution in [-0.2, 0) is 0 Å². The molecular formula is C26H39N5O4. The molecule has 0 spiro atoms. The standard InChI is InChI=1S/C26H39N5O4/c1-18-16-21(8-9-22(18)24(33)27-19(2)17-32)34-15-5-6-20-10-13-31(14-11-20)26-28-25(35-29-26)23-7-4-12-30(23)3/h8-9,16,19-20,23,32H,4-7,10-15,17H2,1-3H3,(H,27,33)/t19-,23?/m1/s1. The van der Waals surface area contributed by atoms with Crippen molar-refractivity contribution in [2.45, 2.75) is 64.5 Å². The molecule has 2 atom stereocenters. The molecule has 0 bridgehead atoms. The molecule has 3 heterocycles. The molecule has 1 aromatic carbocycles. The molecule has 2 fully saturated rings. The molecule has 1 aromatic heterocycles. The van der Waals surface area contributed by atoms with Gasteiger partial charge in [-0.15, -0.1) is 0 Å². The van der Waals surface area contributed by atoms with E-state index in [4.69, 9.17) is 19.4 Å². The van der Waals surface area contributed by atoms with Crippen LogP contribution in [0.25, 0.3) is 0 Å². The van der Waals surface area contributed by atoms with E-state index in [1.165, 1.54) is 6.42 Å². The molecule has 9 nitrogen and oxygen atoms in total. The van der Waals surface area contributed by atoms with Crippen molar-refractivity contribution in [3.63, 3.8) is 0 Å². The number of benzene rings is 1. The first kappa shape index (κ1) is 25.4. The quantitative estimate of drug-likeness (QED) is 0.494. The van der Waals surface area contributed by atoms with Crippen molar-refractivity contribution in [1.82, 2.24) is 20.4 Å². The fourth-order valence-corrected chi connectivity index (χ4v) is 5.02. The maximum absolute atomic E-state index is 12.3. The molecule has 2 aromatic rings. The average molecular weight is 486 g/mol. The summed E-state index contributed by atoms with van der Waals surface area (Å²) in [5.74, 6) is 2.78. The van der Waals surface area contributed by atoms with Crippen LogP contribution >= 0.6 is 0 Å². The van der Waals surface area contributed by atoms with Gasteiger partial charge in [-0.2, -0.15) is 4.98 Å². The van der Waals surface area contributed by atoms with Gasteiger partial charge in [0.1, 0.15) is 5.75 Å². The highest BCUT2D eigenvalue weighted by atomic mass is 16.5. The SMILES string of the molecule is Cc1cc(OCCCC2CCN(c3noc(C4CCCN4C)n3)CC2)ccc1C(=O)N[C@H](C)CO. The monoisotopic (exact) mass is 485 g/mol. The van der Waals surface area contributed by atoms with Crippen molar-refractivity contribution < 1.29 is 19.2 Å². The molecule has 1 unspecified atom stereocenters. The highest BCUT2D eigenvalue weighted by Gasteiger charge is 2.29. The summed E-state index contributed by atoms with van der Waals surface area (Å²) in [6.07, 6.45) is 6.66. The zero-order valence-corrected chi connectivity index (χ0v) is 21.2. The highest BCUT2D eigenvalue weighted by molar-refractivity contribution is 5.95. The van der Waals surface area contributed by atoms with Crippen LogP contribution in [0.15, 0.2) is 22.7 Å². The van der Waals surface area contributed by atoms with Crippen molar-refractivity contribution >= 4 is 11.9 Å². The Bertz CT molecular complexity index is 972. The molecule has 1 amide bonds. The summed E-state index contributed by atoms with van der Waals surface area (Å²) in [7, 11) is 2.12. The van der Waals surface area contributed by atoms with Crippen LogP contribution in [0.2, 0.25) is 0 Å². The largest absolute Gasteiger partial charge is 0.494 e. The summed E-state index contributed by atoms with van der Waals surface area (Å²) >= 11 is 0. The lowest BCUT2D eigenvalue weighted by atomic mass is 9.92. The minimum Gasteiger partial charge on any atom is -0.494 e. The fourth-order valence-electron chi connectivity index (χ4n) is 5.02. The summed E-state index contributed by atoms with van der Waals surface area (Å²) in [6.45, 7) is 7.26. The van der Waals surface area contributed by atoms with E-state index in [1.54, 1.807) is 13.0 Å². The van der Waals surface area contributed by atoms with E-state index in [1.807, 2.05) is 19.1 Å². The number of carbonyl (C=O) groups is 1. The summed E-state index contributed by atoms with van der Waals surface area (Å²) < 4.78 is 11.5. The Hall–Kier alpha value is -2.65. The number of amides is 1. The lowest BCUT2D eigenvalue weighted by Crippen LogP contribution is -2.35. The predicted molar refractivity (Wildman–Crippen MR) is 134 cm³/mol. The second kappa shape index (κ2) is 11.9. The third kappa shape index (κ3) is 6.52. The van der Waals surface area contributed by atoms with Gasteiger partial charge in [-0.25, -0.2) is 0 Å². The van der Waals surface area contributed by atoms with E-state index in [0.717, 1.165) is 74.9 Å². The van der Waals surface area contributed by atoms with Crippen LogP contribution in [0.1, 0.15) is 73.3 Å². The topological polar surface area (TPSA) is 104 Å². The van der Waals surface area contributed by atoms with Crippen LogP contribution in [0.5, 0.6) is 5.75 Å². The normalized spacial score (nSPS) is 20.2. The number of aromatic nitrogens is 2. The van der Waals surface area contributed by atoms with Gasteiger partial charge in [0.25, 0.3) is 11.9 Å². The third-order valence-corrected chi connectivity index (χ3v) is 7.25. The lowest BCUT2D eigenvalue weighted by molar-refractivity contribution is 0.0921. The molecule has 2 aliphatic rings. The van der Waals surface area contributed by atoms with Gasteiger partial charge in [0, 0.05) is 24.7 Å². The number of aryl methyl sites for hydroxylation is 1. The number of nitrogens with one attached hydrogen (secondary N) is 1. The average Bonchev–Trinajstić information content (AvgIpc) is 3.51. The molecule has 2 saturated heterocycles. The van der Waals surface area contributed by atoms with Gasteiger partial charge in [-0.3, -0.25) is 9.69 Å². The number of aliphatic hydroxyl groups excluding tert-OH is 1. The number of ether oxygens (including phenoxy) is 1. The molecule has 35 heavy (non-hydrogen) atoms. The van der Waals surface area contributed by atoms with Gasteiger partial charge >= 0.3 is 0 Å². The van der Waals surface area contributed by atoms with Gasteiger partial charge in [0.15, 0.2) is 0 Å². The number of piperidine rings is 1. The Balaban J connectivity index is 1.16. The molecule has 0 radical (unpaired) electrons. The maximum Gasteiger partial charge on any atom is 0.266 e. The van der Waals surface area contributed by atoms with Crippen molar-refractivity contribution in [3.05, 3.63) is 35.2 Å². The van der Waals surface area contributed by atoms with E-state index in [-0.39, 0.29) is 24.6 Å². The van der Waals surface area contributed by atoms with E-state index < -0.39 is 0 Å². The Kier molecular flexibility index (Phi) is 8.62. The number of hydrogen-bond acceptors (Lipinski definition) is 8. The van der Waals surface area contributed by atoms with E-state index in [2.05, 4.69) is 27.3 Å². The highest BCUT2D eigenvalue weighted by Crippen LogP contribution is 2.31. The zero-order chi connectivity index (χ0) is 24.8. The summed E-state index contributed by atoms with van der Waals surface area (Å²) in [4.78, 5) is 21.5. The summed E-state index contributed by atoms with van der Waals surface area (Å²) in [6, 6.07) is 5.52. The van der Waals surface area contributed by atoms with Gasteiger partial charge < -0.3 is 24.6 Å². The van der Waals surface area contributed by atoms with Gasteiger partial charge in [-0.1, -0.05) is 0 Å². The van der Waals surface area contributed by atoms with Crippen LogP contribution < -0.4 is 15.0 Å². The predicted octanol–water partition coefficient (Wildman–Crippen LogP) is 3.33. The van der Waals surface area contributed by atoms with Gasteiger partial charge in [0.05, 0.1) is 19.3 Å². The maximum atomic E-state index is 12.3. The molecule has 0 saturated carbocycles. The molecule has 2 N–H and O–H groups in total. The minimum absolute atomic E-state index is 0.0821. The van der Waals surface area contributed by atoms with E-state index in [9.17, 15) is 4.79 Å². The molecular weight excluding hydrogens is 446 g/mol. The number of carbonyl (C=O) groups excluding carboxylic acids is 1. The number of likely N-dealkylation sites (tertiary alicyclic amines) is 1. The Morgan fingerprint density at radius 1 is 1.29 bits per heavy atom. The van der Waals surface area contributed by atoms with E-state index >= 15 is 0 Å². The third-order valence-electron chi connectivity index (χ3n) is 7.25. The number of hydrogen-bond donors (Lipinski definition) is 2. The molecule has 0 aliphatic carbocycles. The van der Waals surface area contributed by atoms with Gasteiger partial charge in [-0.05, 0) is 101 Å². The zero-order valence-electron chi connectivity index (χ0n) is 21.2. The smallest absolute Gasteiger partial charge is 0.266 e. The van der Waals surface area contributed by atoms with Crippen molar-refractivity contribution in [3.8, 4) is 5.75 Å². The first-order valence-electron chi connectivity index (χ1n) is 12.9. The molecule has 192 valence electrons. The Morgan fingerprint density at radius 2 is 2.09 bits per heavy atom. The lowest BCUT2D eigenvalue weighted by Gasteiger charge is -2.30. The van der Waals surface area contributed by atoms with Crippen LogP contribution in [-0.4, -0.2) is 72.0 Å². The Morgan fingerprint density at radius 3 is 2.77 bits per heavy atom. The second-order valence-electron chi connectivity index (χ2n) is 10.0. The molecule has 9 heteroatoms. The van der Waals surface area contributed by atoms with Crippen molar-refractivity contribution in [2.75, 3.05) is 44.8 Å². The van der Waals surface area contributed by atoms with Gasteiger partial charge in [0.2, 0.25) is 5.89 Å². The number of nitrogens with zero attached hydrogens (tertiary/aromatic N) is 4.